The van der Waals surface area contributed by atoms with Crippen molar-refractivity contribution in [2.24, 2.45) is 0 Å². The number of halogens is 2. The van der Waals surface area contributed by atoms with E-state index in [1.165, 1.54) is 6.07 Å². The average molecular weight is 455 g/mol. The molecule has 0 bridgehead atoms. The van der Waals surface area contributed by atoms with Crippen LogP contribution in [0.4, 0.5) is 11.4 Å². The van der Waals surface area contributed by atoms with Gasteiger partial charge in [0.15, 0.2) is 5.54 Å². The van der Waals surface area contributed by atoms with Crippen LogP contribution in [0.2, 0.25) is 10.0 Å². The Morgan fingerprint density at radius 3 is 2.45 bits per heavy atom. The van der Waals surface area contributed by atoms with Gasteiger partial charge in [-0.05, 0) is 55.4 Å². The van der Waals surface area contributed by atoms with E-state index in [0.29, 0.717) is 44.7 Å². The molecule has 1 amide bonds. The number of likely N-dealkylation sites (N-methyl/N-ethyl adjacent to an activating group) is 1. The number of fused-ring (bicyclic) bond motifs is 1. The normalized spacial score (nSPS) is 17.7. The number of anilines is 2. The molecule has 158 valence electrons. The third kappa shape index (κ3) is 3.21. The predicted octanol–water partition coefficient (Wildman–Crippen LogP) is 5.53. The minimum atomic E-state index is -1.26. The zero-order chi connectivity index (χ0) is 22.3. The van der Waals surface area contributed by atoms with E-state index >= 15 is 0 Å². The number of amides is 1. The highest BCUT2D eigenvalue weighted by molar-refractivity contribution is 6.33. The molecular weight excluding hydrogens is 435 g/mol. The van der Waals surface area contributed by atoms with Crippen LogP contribution in [0.25, 0.3) is 0 Å². The van der Waals surface area contributed by atoms with Crippen LogP contribution in [-0.4, -0.2) is 23.5 Å². The summed E-state index contributed by atoms with van der Waals surface area (Å²) in [5.74, 6) is -1.32. The number of nitrogens with one attached hydrogen (secondary N) is 1. The highest BCUT2D eigenvalue weighted by Crippen LogP contribution is 2.50. The molecule has 1 unspecified atom stereocenters. The fourth-order valence-electron chi connectivity index (χ4n) is 4.29. The van der Waals surface area contributed by atoms with E-state index in [9.17, 15) is 14.7 Å². The molecule has 1 heterocycles. The summed E-state index contributed by atoms with van der Waals surface area (Å²) in [4.78, 5) is 27.4. The third-order valence-electron chi connectivity index (χ3n) is 5.62. The molecule has 2 N–H and O–H groups in total. The number of hydrogen-bond donors (Lipinski definition) is 2. The van der Waals surface area contributed by atoms with Crippen LogP contribution < -0.4 is 10.2 Å². The summed E-state index contributed by atoms with van der Waals surface area (Å²) in [5, 5.41) is 13.9. The largest absolute Gasteiger partial charge is 0.478 e. The van der Waals surface area contributed by atoms with E-state index in [2.05, 4.69) is 5.32 Å². The van der Waals surface area contributed by atoms with Crippen molar-refractivity contribution in [1.29, 1.82) is 0 Å². The molecule has 1 aliphatic rings. The first-order valence-electron chi connectivity index (χ1n) is 9.80. The summed E-state index contributed by atoms with van der Waals surface area (Å²) in [6, 6.07) is 17.4. The van der Waals surface area contributed by atoms with Crippen LogP contribution in [0.1, 0.15) is 34.0 Å². The number of nitrogens with zero attached hydrogens (tertiary/aromatic N) is 1. The van der Waals surface area contributed by atoms with E-state index in [1.807, 2.05) is 25.1 Å². The number of carboxylic acid groups (broad SMARTS) is 1. The predicted molar refractivity (Wildman–Crippen MR) is 123 cm³/mol. The summed E-state index contributed by atoms with van der Waals surface area (Å²) in [6.45, 7) is 4.10. The smallest absolute Gasteiger partial charge is 0.336 e. The Balaban J connectivity index is 2.05. The zero-order valence-electron chi connectivity index (χ0n) is 16.9. The lowest BCUT2D eigenvalue weighted by atomic mass is 9.83. The summed E-state index contributed by atoms with van der Waals surface area (Å²) in [6.07, 6.45) is 0. The van der Waals surface area contributed by atoms with Crippen LogP contribution in [0.3, 0.4) is 0 Å². The van der Waals surface area contributed by atoms with Gasteiger partial charge in [0, 0.05) is 21.2 Å². The van der Waals surface area contributed by atoms with E-state index in [4.69, 9.17) is 23.2 Å². The van der Waals surface area contributed by atoms with Crippen LogP contribution in [-0.2, 0) is 10.3 Å². The van der Waals surface area contributed by atoms with Crippen LogP contribution in [0.5, 0.6) is 0 Å². The van der Waals surface area contributed by atoms with Crippen LogP contribution in [0, 0.1) is 6.92 Å². The Kier molecular flexibility index (Phi) is 5.52. The molecule has 0 aromatic heterocycles. The van der Waals surface area contributed by atoms with Crippen LogP contribution >= 0.6 is 23.2 Å². The molecule has 0 fully saturated rings. The summed E-state index contributed by atoms with van der Waals surface area (Å²) in [7, 11) is 0. The van der Waals surface area contributed by atoms with E-state index in [1.54, 1.807) is 48.2 Å². The molecule has 31 heavy (non-hydrogen) atoms. The second-order valence-corrected chi connectivity index (χ2v) is 8.16. The monoisotopic (exact) mass is 454 g/mol. The van der Waals surface area contributed by atoms with Gasteiger partial charge in [-0.25, -0.2) is 4.79 Å². The topological polar surface area (TPSA) is 69.6 Å². The van der Waals surface area contributed by atoms with Crippen molar-refractivity contribution in [2.45, 2.75) is 19.4 Å². The highest BCUT2D eigenvalue weighted by atomic mass is 35.5. The lowest BCUT2D eigenvalue weighted by Gasteiger charge is -2.31. The second kappa shape index (κ2) is 8.00. The minimum Gasteiger partial charge on any atom is -0.478 e. The molecule has 4 rings (SSSR count). The Morgan fingerprint density at radius 1 is 1.03 bits per heavy atom. The van der Waals surface area contributed by atoms with Crippen LogP contribution in [0.15, 0.2) is 60.7 Å². The number of benzene rings is 3. The van der Waals surface area contributed by atoms with Gasteiger partial charge in [0.1, 0.15) is 0 Å². The maximum absolute atomic E-state index is 14.2. The molecule has 0 aliphatic carbocycles. The number of aromatic carboxylic acids is 1. The quantitative estimate of drug-likeness (QED) is 0.531. The van der Waals surface area contributed by atoms with Gasteiger partial charge in [0.2, 0.25) is 0 Å². The molecule has 3 aromatic carbocycles. The van der Waals surface area contributed by atoms with Crippen molar-refractivity contribution in [2.75, 3.05) is 11.4 Å². The van der Waals surface area contributed by atoms with Crippen molar-refractivity contribution in [1.82, 2.24) is 5.32 Å². The summed E-state index contributed by atoms with van der Waals surface area (Å²) in [5.41, 5.74) is 1.78. The fourth-order valence-corrected chi connectivity index (χ4v) is 4.74. The number of hydrogen-bond acceptors (Lipinski definition) is 3. The van der Waals surface area contributed by atoms with Crippen molar-refractivity contribution in [3.63, 3.8) is 0 Å². The van der Waals surface area contributed by atoms with Gasteiger partial charge in [-0.2, -0.15) is 0 Å². The number of carbonyl (C=O) groups is 2. The molecule has 0 spiro atoms. The van der Waals surface area contributed by atoms with E-state index in [-0.39, 0.29) is 11.5 Å². The average Bonchev–Trinajstić information content (AvgIpc) is 2.97. The van der Waals surface area contributed by atoms with Gasteiger partial charge in [0.25, 0.3) is 5.91 Å². The van der Waals surface area contributed by atoms with Crippen molar-refractivity contribution < 1.29 is 14.7 Å². The lowest BCUT2D eigenvalue weighted by molar-refractivity contribution is -0.122. The second-order valence-electron chi connectivity index (χ2n) is 7.32. The summed E-state index contributed by atoms with van der Waals surface area (Å²) >= 11 is 12.9. The number of carboxylic acids is 1. The maximum atomic E-state index is 14.2. The first-order valence-corrected chi connectivity index (χ1v) is 10.6. The highest BCUT2D eigenvalue weighted by Gasteiger charge is 2.53. The number of carbonyl (C=O) groups excluding carboxylic acids is 1. The molecule has 1 aliphatic heterocycles. The van der Waals surface area contributed by atoms with Gasteiger partial charge in [0.05, 0.1) is 16.9 Å². The molecular formula is C24H20Cl2N2O3. The van der Waals surface area contributed by atoms with Gasteiger partial charge in [-0.3, -0.25) is 15.0 Å². The van der Waals surface area contributed by atoms with Gasteiger partial charge in [-0.15, -0.1) is 0 Å². The SMILES string of the molecule is CCNC1(c2ccccc2Cl)C(=O)N(c2cccc(C(=O)O)c2C)c2ccc(Cl)cc21. The fraction of sp³-hybridized carbons (Fsp3) is 0.167. The minimum absolute atomic E-state index is 0.138. The molecule has 5 nitrogen and oxygen atoms in total. The molecule has 0 saturated heterocycles. The summed E-state index contributed by atoms with van der Waals surface area (Å²) < 4.78 is 0. The standard InChI is InChI=1S/C24H20Cl2N2O3/c1-3-27-24(17-8-4-5-9-19(17)26)18-13-15(25)11-12-21(18)28(23(24)31)20-10-6-7-16(14(20)2)22(29)30/h4-13,27H,3H2,1-2H3,(H,29,30). The third-order valence-corrected chi connectivity index (χ3v) is 6.19. The molecule has 1 atom stereocenters. The van der Waals surface area contributed by atoms with Crippen molar-refractivity contribution >= 4 is 46.5 Å². The molecule has 0 radical (unpaired) electrons. The first-order chi connectivity index (χ1) is 14.8. The molecule has 3 aromatic rings. The Bertz CT molecular complexity index is 1210. The molecule has 0 saturated carbocycles. The Morgan fingerprint density at radius 2 is 1.77 bits per heavy atom. The zero-order valence-corrected chi connectivity index (χ0v) is 18.5. The van der Waals surface area contributed by atoms with Gasteiger partial charge < -0.3 is 5.11 Å². The Labute approximate surface area is 190 Å². The van der Waals surface area contributed by atoms with Gasteiger partial charge in [-0.1, -0.05) is 54.4 Å². The first kappa shape index (κ1) is 21.4. The maximum Gasteiger partial charge on any atom is 0.336 e. The lowest BCUT2D eigenvalue weighted by Crippen LogP contribution is -2.51. The van der Waals surface area contributed by atoms with E-state index in [0.717, 1.165) is 0 Å². The molecule has 7 heteroatoms. The van der Waals surface area contributed by atoms with Crippen molar-refractivity contribution in [3.8, 4) is 0 Å². The van der Waals surface area contributed by atoms with Crippen molar-refractivity contribution in [3.05, 3.63) is 93.0 Å². The number of rotatable bonds is 5. The van der Waals surface area contributed by atoms with Gasteiger partial charge >= 0.3 is 5.97 Å². The Hall–Kier alpha value is -2.86. The van der Waals surface area contributed by atoms with E-state index < -0.39 is 11.5 Å².